The van der Waals surface area contributed by atoms with Crippen molar-refractivity contribution >= 4 is 11.6 Å². The Bertz CT molecular complexity index is 552. The summed E-state index contributed by atoms with van der Waals surface area (Å²) in [6, 6.07) is 13.4. The summed E-state index contributed by atoms with van der Waals surface area (Å²) in [6.45, 7) is 3.90. The first kappa shape index (κ1) is 12.9. The smallest absolute Gasteiger partial charge is 0.127 e. The second kappa shape index (κ2) is 5.42. The van der Waals surface area contributed by atoms with Gasteiger partial charge in [0.05, 0.1) is 0 Å². The molecule has 1 unspecified atom stereocenters. The van der Waals surface area contributed by atoms with Crippen LogP contribution in [0.2, 0.25) is 5.02 Å². The van der Waals surface area contributed by atoms with Crippen LogP contribution in [0.25, 0.3) is 0 Å². The highest BCUT2D eigenvalue weighted by molar-refractivity contribution is 6.31. The van der Waals surface area contributed by atoms with Crippen molar-refractivity contribution in [3.63, 3.8) is 0 Å². The number of benzene rings is 2. The van der Waals surface area contributed by atoms with Gasteiger partial charge in [-0.05, 0) is 55.3 Å². The van der Waals surface area contributed by atoms with Gasteiger partial charge in [-0.1, -0.05) is 23.7 Å². The van der Waals surface area contributed by atoms with Gasteiger partial charge in [0, 0.05) is 11.1 Å². The van der Waals surface area contributed by atoms with Crippen molar-refractivity contribution in [1.29, 1.82) is 0 Å². The standard InChI is InChI=1S/C15H16ClNO/c1-10-8-14(6-7-15(10)16)18-13-5-3-4-12(9-13)11(2)17/h3-9,11H,17H2,1-2H3. The minimum absolute atomic E-state index is 0.000467. The molecule has 3 heteroatoms. The SMILES string of the molecule is Cc1cc(Oc2cccc(C(C)N)c2)ccc1Cl. The van der Waals surface area contributed by atoms with Gasteiger partial charge in [-0.15, -0.1) is 0 Å². The molecule has 0 aliphatic carbocycles. The third kappa shape index (κ3) is 3.03. The number of nitrogens with two attached hydrogens (primary N) is 1. The summed E-state index contributed by atoms with van der Waals surface area (Å²) in [7, 11) is 0. The Kier molecular flexibility index (Phi) is 3.90. The summed E-state index contributed by atoms with van der Waals surface area (Å²) < 4.78 is 5.79. The molecule has 0 aliphatic heterocycles. The third-order valence-corrected chi connectivity index (χ3v) is 3.17. The van der Waals surface area contributed by atoms with Crippen molar-refractivity contribution in [3.05, 3.63) is 58.6 Å². The average molecular weight is 262 g/mol. The number of halogens is 1. The van der Waals surface area contributed by atoms with Crippen molar-refractivity contribution in [3.8, 4) is 11.5 Å². The fraction of sp³-hybridized carbons (Fsp3) is 0.200. The highest BCUT2D eigenvalue weighted by Gasteiger charge is 2.03. The maximum Gasteiger partial charge on any atom is 0.127 e. The maximum absolute atomic E-state index is 5.98. The lowest BCUT2D eigenvalue weighted by Crippen LogP contribution is -2.04. The quantitative estimate of drug-likeness (QED) is 0.885. The number of rotatable bonds is 3. The van der Waals surface area contributed by atoms with E-state index in [-0.39, 0.29) is 6.04 Å². The van der Waals surface area contributed by atoms with Gasteiger partial charge < -0.3 is 10.5 Å². The van der Waals surface area contributed by atoms with Gasteiger partial charge in [-0.25, -0.2) is 0 Å². The highest BCUT2D eigenvalue weighted by atomic mass is 35.5. The second-order valence-electron chi connectivity index (χ2n) is 4.37. The summed E-state index contributed by atoms with van der Waals surface area (Å²) in [5.41, 5.74) is 7.90. The van der Waals surface area contributed by atoms with Crippen LogP contribution in [0, 0.1) is 6.92 Å². The first-order valence-electron chi connectivity index (χ1n) is 5.86. The van der Waals surface area contributed by atoms with Gasteiger partial charge in [0.1, 0.15) is 11.5 Å². The van der Waals surface area contributed by atoms with Gasteiger partial charge in [0.15, 0.2) is 0 Å². The average Bonchev–Trinajstić information content (AvgIpc) is 2.34. The molecule has 0 heterocycles. The molecule has 0 radical (unpaired) electrons. The first-order chi connectivity index (χ1) is 8.56. The molecule has 0 aliphatic rings. The lowest BCUT2D eigenvalue weighted by Gasteiger charge is -2.10. The third-order valence-electron chi connectivity index (χ3n) is 2.75. The van der Waals surface area contributed by atoms with E-state index < -0.39 is 0 Å². The van der Waals surface area contributed by atoms with E-state index in [1.54, 1.807) is 0 Å². The van der Waals surface area contributed by atoms with Gasteiger partial charge in [-0.3, -0.25) is 0 Å². The van der Waals surface area contributed by atoms with E-state index in [1.807, 2.05) is 56.3 Å². The van der Waals surface area contributed by atoms with Crippen molar-refractivity contribution in [2.24, 2.45) is 5.73 Å². The van der Waals surface area contributed by atoms with Crippen LogP contribution in [0.5, 0.6) is 11.5 Å². The molecule has 2 nitrogen and oxygen atoms in total. The monoisotopic (exact) mass is 261 g/mol. The van der Waals surface area contributed by atoms with E-state index in [2.05, 4.69) is 0 Å². The van der Waals surface area contributed by atoms with Gasteiger partial charge >= 0.3 is 0 Å². The normalized spacial score (nSPS) is 12.2. The maximum atomic E-state index is 5.98. The van der Waals surface area contributed by atoms with E-state index >= 15 is 0 Å². The Morgan fingerprint density at radius 2 is 1.83 bits per heavy atom. The Morgan fingerprint density at radius 1 is 1.11 bits per heavy atom. The first-order valence-corrected chi connectivity index (χ1v) is 6.23. The number of hydrogen-bond acceptors (Lipinski definition) is 2. The topological polar surface area (TPSA) is 35.2 Å². The fourth-order valence-electron chi connectivity index (χ4n) is 1.68. The lowest BCUT2D eigenvalue weighted by atomic mass is 10.1. The molecule has 0 aromatic heterocycles. The molecule has 2 aromatic carbocycles. The number of hydrogen-bond donors (Lipinski definition) is 1. The Labute approximate surface area is 112 Å². The zero-order chi connectivity index (χ0) is 13.1. The molecule has 0 bridgehead atoms. The molecule has 2 rings (SSSR count). The molecule has 0 spiro atoms. The van der Waals surface area contributed by atoms with Crippen molar-refractivity contribution < 1.29 is 4.74 Å². The van der Waals surface area contributed by atoms with Crippen LogP contribution >= 0.6 is 11.6 Å². The predicted molar refractivity (Wildman–Crippen MR) is 75.3 cm³/mol. The van der Waals surface area contributed by atoms with Crippen molar-refractivity contribution in [2.75, 3.05) is 0 Å². The van der Waals surface area contributed by atoms with Crippen molar-refractivity contribution in [2.45, 2.75) is 19.9 Å². The Balaban J connectivity index is 2.23. The minimum Gasteiger partial charge on any atom is -0.457 e. The van der Waals surface area contributed by atoms with Gasteiger partial charge in [0.2, 0.25) is 0 Å². The molecular formula is C15H16ClNO. The second-order valence-corrected chi connectivity index (χ2v) is 4.78. The minimum atomic E-state index is 0.000467. The molecule has 1 atom stereocenters. The zero-order valence-corrected chi connectivity index (χ0v) is 11.2. The Morgan fingerprint density at radius 3 is 2.50 bits per heavy atom. The molecular weight excluding hydrogens is 246 g/mol. The van der Waals surface area contributed by atoms with E-state index in [4.69, 9.17) is 22.1 Å². The van der Waals surface area contributed by atoms with Gasteiger partial charge in [-0.2, -0.15) is 0 Å². The van der Waals surface area contributed by atoms with Crippen LogP contribution in [-0.2, 0) is 0 Å². The van der Waals surface area contributed by atoms with Crippen LogP contribution in [0.3, 0.4) is 0 Å². The van der Waals surface area contributed by atoms with Crippen molar-refractivity contribution in [1.82, 2.24) is 0 Å². The molecule has 18 heavy (non-hydrogen) atoms. The van der Waals surface area contributed by atoms with Crippen LogP contribution in [0.15, 0.2) is 42.5 Å². The van der Waals surface area contributed by atoms with Crippen LogP contribution in [0.4, 0.5) is 0 Å². The number of aryl methyl sites for hydroxylation is 1. The Hall–Kier alpha value is -1.51. The fourth-order valence-corrected chi connectivity index (χ4v) is 1.80. The van der Waals surface area contributed by atoms with E-state index in [0.717, 1.165) is 27.6 Å². The number of ether oxygens (including phenoxy) is 1. The lowest BCUT2D eigenvalue weighted by molar-refractivity contribution is 0.481. The summed E-state index contributed by atoms with van der Waals surface area (Å²) in [5, 5.41) is 0.742. The molecule has 0 fully saturated rings. The summed E-state index contributed by atoms with van der Waals surface area (Å²) in [6.07, 6.45) is 0. The van der Waals surface area contributed by atoms with E-state index in [0.29, 0.717) is 0 Å². The molecule has 0 amide bonds. The van der Waals surface area contributed by atoms with Crippen LogP contribution in [-0.4, -0.2) is 0 Å². The van der Waals surface area contributed by atoms with E-state index in [1.165, 1.54) is 0 Å². The zero-order valence-electron chi connectivity index (χ0n) is 10.5. The highest BCUT2D eigenvalue weighted by Crippen LogP contribution is 2.27. The predicted octanol–water partition coefficient (Wildman–Crippen LogP) is 4.46. The van der Waals surface area contributed by atoms with Crippen LogP contribution in [0.1, 0.15) is 24.1 Å². The van der Waals surface area contributed by atoms with Crippen LogP contribution < -0.4 is 10.5 Å². The molecule has 94 valence electrons. The summed E-state index contributed by atoms with van der Waals surface area (Å²) in [5.74, 6) is 1.56. The summed E-state index contributed by atoms with van der Waals surface area (Å²) in [4.78, 5) is 0. The summed E-state index contributed by atoms with van der Waals surface area (Å²) >= 11 is 5.98. The molecule has 0 saturated carbocycles. The largest absolute Gasteiger partial charge is 0.457 e. The molecule has 2 N–H and O–H groups in total. The van der Waals surface area contributed by atoms with E-state index in [9.17, 15) is 0 Å². The molecule has 0 saturated heterocycles. The molecule has 2 aromatic rings. The van der Waals surface area contributed by atoms with Gasteiger partial charge in [0.25, 0.3) is 0 Å².